The van der Waals surface area contributed by atoms with Crippen LogP contribution in [-0.4, -0.2) is 0 Å². The molecule has 0 spiro atoms. The average Bonchev–Trinajstić information content (AvgIpc) is 2.55. The van der Waals surface area contributed by atoms with Crippen molar-refractivity contribution in [2.24, 2.45) is 0 Å². The lowest BCUT2D eigenvalue weighted by Gasteiger charge is -1.91. The Morgan fingerprint density at radius 2 is 2.27 bits per heavy atom. The first-order chi connectivity index (χ1) is 7.26. The number of halogens is 1. The lowest BCUT2D eigenvalue weighted by Crippen LogP contribution is -2.33. The van der Waals surface area contributed by atoms with Crippen LogP contribution >= 0.6 is 22.9 Å². The topological polar surface area (TPSA) is 3.88 Å². The van der Waals surface area contributed by atoms with Crippen LogP contribution in [-0.2, 0) is 6.54 Å². The molecule has 0 aliphatic rings. The molecule has 0 aliphatic carbocycles. The van der Waals surface area contributed by atoms with E-state index in [4.69, 9.17) is 11.6 Å². The van der Waals surface area contributed by atoms with Gasteiger partial charge in [-0.3, -0.25) is 0 Å². The molecular formula is C12H13ClNS+. The van der Waals surface area contributed by atoms with Crippen LogP contribution in [0.4, 0.5) is 0 Å². The highest BCUT2D eigenvalue weighted by molar-refractivity contribution is 7.18. The van der Waals surface area contributed by atoms with Crippen molar-refractivity contribution < 1.29 is 4.57 Å². The third-order valence-corrected chi connectivity index (χ3v) is 3.68. The molecule has 0 unspecified atom stereocenters. The minimum Gasteiger partial charge on any atom is -0.182 e. The van der Waals surface area contributed by atoms with Crippen LogP contribution in [0.1, 0.15) is 18.9 Å². The van der Waals surface area contributed by atoms with E-state index in [0.29, 0.717) is 0 Å². The lowest BCUT2D eigenvalue weighted by molar-refractivity contribution is -0.665. The maximum atomic E-state index is 6.01. The van der Waals surface area contributed by atoms with Gasteiger partial charge in [0.1, 0.15) is 11.2 Å². The van der Waals surface area contributed by atoms with E-state index < -0.39 is 0 Å². The molecule has 0 atom stereocenters. The van der Waals surface area contributed by atoms with Gasteiger partial charge in [-0.05, 0) is 26.0 Å². The van der Waals surface area contributed by atoms with Crippen LogP contribution in [0.25, 0.3) is 16.3 Å². The van der Waals surface area contributed by atoms with Gasteiger partial charge >= 0.3 is 0 Å². The Hall–Kier alpha value is -0.860. The molecule has 0 bridgehead atoms. The molecule has 2 aromatic rings. The maximum absolute atomic E-state index is 6.01. The van der Waals surface area contributed by atoms with Gasteiger partial charge in [0, 0.05) is 17.2 Å². The van der Waals surface area contributed by atoms with Gasteiger partial charge in [-0.2, -0.15) is 4.57 Å². The molecular weight excluding hydrogens is 226 g/mol. The normalized spacial score (nSPS) is 11.7. The summed E-state index contributed by atoms with van der Waals surface area (Å²) >= 11 is 7.81. The van der Waals surface area contributed by atoms with E-state index in [1.165, 1.54) is 15.2 Å². The predicted molar refractivity (Wildman–Crippen MR) is 67.4 cm³/mol. The second-order valence-electron chi connectivity index (χ2n) is 3.30. The van der Waals surface area contributed by atoms with Gasteiger partial charge in [-0.25, -0.2) is 0 Å². The lowest BCUT2D eigenvalue weighted by atomic mass is 10.3. The number of thiazole rings is 1. The molecule has 0 saturated carbocycles. The number of aromatic nitrogens is 1. The second-order valence-corrected chi connectivity index (χ2v) is 4.80. The van der Waals surface area contributed by atoms with Crippen LogP contribution in [0.15, 0.2) is 24.3 Å². The van der Waals surface area contributed by atoms with Crippen molar-refractivity contribution in [2.75, 3.05) is 0 Å². The molecule has 3 heteroatoms. The fraction of sp³-hybridized carbons (Fsp3) is 0.250. The van der Waals surface area contributed by atoms with Crippen LogP contribution in [0.3, 0.4) is 0 Å². The van der Waals surface area contributed by atoms with E-state index in [2.05, 4.69) is 29.7 Å². The number of allylic oxidation sites excluding steroid dienone is 1. The molecule has 2 rings (SSSR count). The summed E-state index contributed by atoms with van der Waals surface area (Å²) in [7, 11) is 0. The van der Waals surface area contributed by atoms with Crippen molar-refractivity contribution in [3.63, 3.8) is 0 Å². The van der Waals surface area contributed by atoms with Crippen molar-refractivity contribution in [1.82, 2.24) is 0 Å². The number of aryl methyl sites for hydroxylation is 1. The van der Waals surface area contributed by atoms with E-state index in [1.54, 1.807) is 11.3 Å². The second kappa shape index (κ2) is 4.33. The Morgan fingerprint density at radius 3 is 2.93 bits per heavy atom. The molecule has 0 aliphatic heterocycles. The van der Waals surface area contributed by atoms with Crippen LogP contribution in [0, 0.1) is 0 Å². The van der Waals surface area contributed by atoms with Crippen LogP contribution in [0.2, 0.25) is 5.02 Å². The zero-order valence-corrected chi connectivity index (χ0v) is 10.4. The number of hydrogen-bond acceptors (Lipinski definition) is 1. The van der Waals surface area contributed by atoms with Crippen molar-refractivity contribution in [3.05, 3.63) is 34.3 Å². The van der Waals surface area contributed by atoms with Crippen LogP contribution in [0.5, 0.6) is 0 Å². The van der Waals surface area contributed by atoms with Gasteiger partial charge in [-0.1, -0.05) is 29.0 Å². The highest BCUT2D eigenvalue weighted by atomic mass is 35.5. The molecule has 1 aromatic heterocycles. The Balaban J connectivity index is 2.73. The summed E-state index contributed by atoms with van der Waals surface area (Å²) < 4.78 is 3.57. The zero-order chi connectivity index (χ0) is 10.8. The summed E-state index contributed by atoms with van der Waals surface area (Å²) in [6.45, 7) is 5.16. The highest BCUT2D eigenvalue weighted by Gasteiger charge is 2.16. The van der Waals surface area contributed by atoms with Crippen molar-refractivity contribution in [3.8, 4) is 0 Å². The molecule has 0 radical (unpaired) electrons. The summed E-state index contributed by atoms with van der Waals surface area (Å²) in [6.07, 6.45) is 4.21. The Labute approximate surface area is 98.6 Å². The maximum Gasteiger partial charge on any atom is 0.262 e. The largest absolute Gasteiger partial charge is 0.262 e. The smallest absolute Gasteiger partial charge is 0.182 e. The van der Waals surface area contributed by atoms with Gasteiger partial charge in [0.2, 0.25) is 5.52 Å². The summed E-state index contributed by atoms with van der Waals surface area (Å²) in [6, 6.07) is 6.06. The van der Waals surface area contributed by atoms with E-state index in [0.717, 1.165) is 11.6 Å². The number of nitrogens with zero attached hydrogens (tertiary/aromatic N) is 1. The Morgan fingerprint density at radius 1 is 1.47 bits per heavy atom. The quantitative estimate of drug-likeness (QED) is 0.699. The Kier molecular flexibility index (Phi) is 3.08. The minimum absolute atomic E-state index is 0.800. The molecule has 78 valence electrons. The minimum atomic E-state index is 0.800. The SMILES string of the molecule is CC=Cc1sc2ccc(Cl)cc2[n+]1CC. The summed E-state index contributed by atoms with van der Waals surface area (Å²) in [5, 5.41) is 2.08. The summed E-state index contributed by atoms with van der Waals surface area (Å²) in [5.41, 5.74) is 1.23. The number of hydrogen-bond donors (Lipinski definition) is 0. The molecule has 1 nitrogen and oxygen atoms in total. The standard InChI is InChI=1S/C12H13ClNS/c1-3-5-12-14(4-2)10-8-9(13)6-7-11(10)15-12/h3,5-8H,4H2,1-2H3/q+1. The fourth-order valence-electron chi connectivity index (χ4n) is 1.67. The van der Waals surface area contributed by atoms with Crippen LogP contribution < -0.4 is 4.57 Å². The van der Waals surface area contributed by atoms with Gasteiger partial charge in [0.05, 0.1) is 0 Å². The number of benzene rings is 1. The third kappa shape index (κ3) is 1.92. The molecule has 0 N–H and O–H groups in total. The van der Waals surface area contributed by atoms with Crippen molar-refractivity contribution >= 4 is 39.2 Å². The van der Waals surface area contributed by atoms with E-state index in [-0.39, 0.29) is 0 Å². The zero-order valence-electron chi connectivity index (χ0n) is 8.83. The van der Waals surface area contributed by atoms with Gasteiger partial charge < -0.3 is 0 Å². The average molecular weight is 239 g/mol. The first-order valence-electron chi connectivity index (χ1n) is 5.01. The first-order valence-corrected chi connectivity index (χ1v) is 6.20. The number of fused-ring (bicyclic) bond motifs is 1. The van der Waals surface area contributed by atoms with Gasteiger partial charge in [0.25, 0.3) is 5.01 Å². The summed E-state index contributed by atoms with van der Waals surface area (Å²) in [5.74, 6) is 0. The highest BCUT2D eigenvalue weighted by Crippen LogP contribution is 2.24. The molecule has 0 amide bonds. The van der Waals surface area contributed by atoms with Crippen molar-refractivity contribution in [1.29, 1.82) is 0 Å². The molecule has 15 heavy (non-hydrogen) atoms. The summed E-state index contributed by atoms with van der Waals surface area (Å²) in [4.78, 5) is 0. The van der Waals surface area contributed by atoms with E-state index >= 15 is 0 Å². The predicted octanol–water partition coefficient (Wildman–Crippen LogP) is 3.90. The number of rotatable bonds is 2. The molecule has 0 saturated heterocycles. The molecule has 0 fully saturated rings. The first kappa shape index (κ1) is 10.7. The van der Waals surface area contributed by atoms with Gasteiger partial charge in [-0.15, -0.1) is 0 Å². The fourth-order valence-corrected chi connectivity index (χ4v) is 3.01. The molecule has 1 heterocycles. The van der Waals surface area contributed by atoms with E-state index in [9.17, 15) is 0 Å². The molecule has 1 aromatic carbocycles. The Bertz CT molecular complexity index is 514. The van der Waals surface area contributed by atoms with E-state index in [1.807, 2.05) is 19.1 Å². The van der Waals surface area contributed by atoms with Crippen molar-refractivity contribution in [2.45, 2.75) is 20.4 Å². The van der Waals surface area contributed by atoms with Gasteiger partial charge in [0.15, 0.2) is 0 Å². The third-order valence-electron chi connectivity index (χ3n) is 2.32. The monoisotopic (exact) mass is 238 g/mol.